The number of rotatable bonds is 3. The van der Waals surface area contributed by atoms with E-state index < -0.39 is 0 Å². The minimum atomic E-state index is -0.00836. The summed E-state index contributed by atoms with van der Waals surface area (Å²) in [6.45, 7) is 6.49. The van der Waals surface area contributed by atoms with Crippen LogP contribution in [0.2, 0.25) is 0 Å². The number of hydrogen-bond acceptors (Lipinski definition) is 2. The zero-order chi connectivity index (χ0) is 13.1. The van der Waals surface area contributed by atoms with Crippen molar-refractivity contribution in [3.63, 3.8) is 0 Å². The smallest absolute Gasteiger partial charge is 0.251 e. The average molecular weight is 248 g/mol. The number of aromatic amines is 1. The molecule has 1 aliphatic rings. The zero-order valence-corrected chi connectivity index (χ0v) is 11.7. The maximum absolute atomic E-state index is 11.6. The van der Waals surface area contributed by atoms with E-state index in [9.17, 15) is 4.79 Å². The van der Waals surface area contributed by atoms with E-state index in [-0.39, 0.29) is 5.56 Å². The summed E-state index contributed by atoms with van der Waals surface area (Å²) in [6.07, 6.45) is 6.23. The fraction of sp³-hybridized carbons (Fsp3) is 0.733. The first-order chi connectivity index (χ1) is 8.61. The second-order valence-corrected chi connectivity index (χ2v) is 5.71. The van der Waals surface area contributed by atoms with Crippen molar-refractivity contribution in [2.45, 2.75) is 58.8 Å². The van der Waals surface area contributed by atoms with Gasteiger partial charge in [0.1, 0.15) is 5.82 Å². The summed E-state index contributed by atoms with van der Waals surface area (Å²) >= 11 is 0. The number of aryl methyl sites for hydroxylation is 1. The van der Waals surface area contributed by atoms with E-state index in [1.807, 2.05) is 6.92 Å². The van der Waals surface area contributed by atoms with Crippen LogP contribution in [0.25, 0.3) is 0 Å². The van der Waals surface area contributed by atoms with Gasteiger partial charge in [-0.1, -0.05) is 33.1 Å². The minimum Gasteiger partial charge on any atom is -0.310 e. The normalized spacial score (nSPS) is 25.9. The molecule has 3 heteroatoms. The molecule has 0 amide bonds. The molecule has 0 radical (unpaired) electrons. The number of hydrogen-bond donors (Lipinski definition) is 1. The van der Waals surface area contributed by atoms with E-state index in [4.69, 9.17) is 0 Å². The zero-order valence-electron chi connectivity index (χ0n) is 11.7. The molecule has 0 saturated heterocycles. The average Bonchev–Trinajstić information content (AvgIpc) is 2.36. The predicted molar refractivity (Wildman–Crippen MR) is 73.7 cm³/mol. The van der Waals surface area contributed by atoms with Crippen LogP contribution in [0, 0.1) is 18.8 Å². The SMILES string of the molecule is CCC(C)C1CCCCC1c1nc(C)cc(=O)[nH]1. The van der Waals surface area contributed by atoms with E-state index >= 15 is 0 Å². The summed E-state index contributed by atoms with van der Waals surface area (Å²) in [5.74, 6) is 2.75. The molecule has 2 rings (SSSR count). The van der Waals surface area contributed by atoms with Crippen LogP contribution in [-0.4, -0.2) is 9.97 Å². The Bertz CT molecular complexity index is 452. The molecule has 0 aromatic carbocycles. The highest BCUT2D eigenvalue weighted by Gasteiger charge is 2.31. The number of nitrogens with one attached hydrogen (secondary N) is 1. The van der Waals surface area contributed by atoms with Crippen LogP contribution >= 0.6 is 0 Å². The van der Waals surface area contributed by atoms with Crippen LogP contribution < -0.4 is 5.56 Å². The van der Waals surface area contributed by atoms with Gasteiger partial charge >= 0.3 is 0 Å². The summed E-state index contributed by atoms with van der Waals surface area (Å²) < 4.78 is 0. The van der Waals surface area contributed by atoms with E-state index in [2.05, 4.69) is 23.8 Å². The first-order valence-electron chi connectivity index (χ1n) is 7.19. The minimum absolute atomic E-state index is 0.00836. The molecule has 3 unspecified atom stereocenters. The van der Waals surface area contributed by atoms with Gasteiger partial charge in [-0.15, -0.1) is 0 Å². The molecule has 100 valence electrons. The van der Waals surface area contributed by atoms with Crippen molar-refractivity contribution in [2.24, 2.45) is 11.8 Å². The fourth-order valence-corrected chi connectivity index (χ4v) is 3.26. The predicted octanol–water partition coefficient (Wildman–Crippen LogP) is 3.40. The Balaban J connectivity index is 2.30. The highest BCUT2D eigenvalue weighted by Crippen LogP contribution is 2.41. The maximum atomic E-state index is 11.6. The Hall–Kier alpha value is -1.12. The third kappa shape index (κ3) is 2.82. The Morgan fingerprint density at radius 2 is 2.17 bits per heavy atom. The van der Waals surface area contributed by atoms with Crippen LogP contribution in [-0.2, 0) is 0 Å². The second kappa shape index (κ2) is 5.68. The van der Waals surface area contributed by atoms with Gasteiger partial charge in [0.05, 0.1) is 0 Å². The lowest BCUT2D eigenvalue weighted by molar-refractivity contribution is 0.214. The topological polar surface area (TPSA) is 45.8 Å². The van der Waals surface area contributed by atoms with E-state index in [0.29, 0.717) is 17.8 Å². The quantitative estimate of drug-likeness (QED) is 0.891. The lowest BCUT2D eigenvalue weighted by Gasteiger charge is -2.34. The van der Waals surface area contributed by atoms with Crippen molar-refractivity contribution in [2.75, 3.05) is 0 Å². The first-order valence-corrected chi connectivity index (χ1v) is 7.19. The van der Waals surface area contributed by atoms with Crippen molar-refractivity contribution < 1.29 is 0 Å². The maximum Gasteiger partial charge on any atom is 0.251 e. The molecule has 3 nitrogen and oxygen atoms in total. The molecule has 0 spiro atoms. The number of nitrogens with zero attached hydrogens (tertiary/aromatic N) is 1. The van der Waals surface area contributed by atoms with Gasteiger partial charge in [-0.3, -0.25) is 4.79 Å². The Labute approximate surface area is 109 Å². The van der Waals surface area contributed by atoms with E-state index in [1.165, 1.54) is 32.1 Å². The second-order valence-electron chi connectivity index (χ2n) is 5.71. The number of aromatic nitrogens is 2. The third-order valence-corrected chi connectivity index (χ3v) is 4.43. The van der Waals surface area contributed by atoms with Crippen LogP contribution in [0.5, 0.6) is 0 Å². The molecule has 1 aromatic rings. The highest BCUT2D eigenvalue weighted by atomic mass is 16.1. The van der Waals surface area contributed by atoms with Crippen molar-refractivity contribution in [3.05, 3.63) is 27.9 Å². The molecular weight excluding hydrogens is 224 g/mol. The molecule has 1 N–H and O–H groups in total. The van der Waals surface area contributed by atoms with E-state index in [1.54, 1.807) is 6.07 Å². The van der Waals surface area contributed by atoms with Gasteiger partial charge in [0.2, 0.25) is 0 Å². The van der Waals surface area contributed by atoms with Gasteiger partial charge < -0.3 is 4.98 Å². The van der Waals surface area contributed by atoms with Crippen LogP contribution in [0.4, 0.5) is 0 Å². The first kappa shape index (κ1) is 13.3. The summed E-state index contributed by atoms with van der Waals surface area (Å²) in [4.78, 5) is 19.1. The molecule has 1 aliphatic carbocycles. The fourth-order valence-electron chi connectivity index (χ4n) is 3.26. The molecule has 18 heavy (non-hydrogen) atoms. The monoisotopic (exact) mass is 248 g/mol. The molecule has 1 saturated carbocycles. The lowest BCUT2D eigenvalue weighted by atomic mass is 9.72. The van der Waals surface area contributed by atoms with Crippen molar-refractivity contribution in [1.82, 2.24) is 9.97 Å². The van der Waals surface area contributed by atoms with Crippen molar-refractivity contribution >= 4 is 0 Å². The summed E-state index contributed by atoms with van der Waals surface area (Å²) in [5.41, 5.74) is 0.827. The highest BCUT2D eigenvalue weighted by molar-refractivity contribution is 5.07. The Kier molecular flexibility index (Phi) is 4.20. The van der Waals surface area contributed by atoms with E-state index in [0.717, 1.165) is 11.5 Å². The largest absolute Gasteiger partial charge is 0.310 e. The van der Waals surface area contributed by atoms with Gasteiger partial charge in [0.15, 0.2) is 0 Å². The molecule has 0 bridgehead atoms. The van der Waals surface area contributed by atoms with Gasteiger partial charge in [0, 0.05) is 17.7 Å². The standard InChI is InChI=1S/C15H24N2O/c1-4-10(2)12-7-5-6-8-13(12)15-16-11(3)9-14(18)17-15/h9-10,12-13H,4-8H2,1-3H3,(H,16,17,18). The van der Waals surface area contributed by atoms with Crippen molar-refractivity contribution in [1.29, 1.82) is 0 Å². The third-order valence-electron chi connectivity index (χ3n) is 4.43. The Morgan fingerprint density at radius 3 is 2.83 bits per heavy atom. The van der Waals surface area contributed by atoms with Gasteiger partial charge in [-0.2, -0.15) is 0 Å². The summed E-state index contributed by atoms with van der Waals surface area (Å²) in [5, 5.41) is 0. The summed E-state index contributed by atoms with van der Waals surface area (Å²) in [7, 11) is 0. The molecule has 3 atom stereocenters. The lowest BCUT2D eigenvalue weighted by Crippen LogP contribution is -2.27. The van der Waals surface area contributed by atoms with Crippen LogP contribution in [0.3, 0.4) is 0 Å². The van der Waals surface area contributed by atoms with Gasteiger partial charge in [-0.25, -0.2) is 4.98 Å². The van der Waals surface area contributed by atoms with Crippen LogP contribution in [0.15, 0.2) is 10.9 Å². The molecule has 1 aromatic heterocycles. The van der Waals surface area contributed by atoms with Gasteiger partial charge in [-0.05, 0) is 31.6 Å². The molecule has 0 aliphatic heterocycles. The summed E-state index contributed by atoms with van der Waals surface area (Å²) in [6, 6.07) is 1.57. The Morgan fingerprint density at radius 1 is 1.44 bits per heavy atom. The number of H-pyrrole nitrogens is 1. The van der Waals surface area contributed by atoms with Gasteiger partial charge in [0.25, 0.3) is 5.56 Å². The van der Waals surface area contributed by atoms with Crippen molar-refractivity contribution in [3.8, 4) is 0 Å². The molecule has 1 fully saturated rings. The van der Waals surface area contributed by atoms with Crippen LogP contribution in [0.1, 0.15) is 63.4 Å². The molecule has 1 heterocycles. The molecular formula is C15H24N2O.